The Morgan fingerprint density at radius 1 is 1.31 bits per heavy atom. The van der Waals surface area contributed by atoms with Crippen LogP contribution in [0.5, 0.6) is 5.75 Å². The number of nitrogens with zero attached hydrogens (tertiary/aromatic N) is 2. The van der Waals surface area contributed by atoms with Crippen LogP contribution in [0.15, 0.2) is 12.4 Å². The Morgan fingerprint density at radius 3 is 2.31 bits per heavy atom. The molecule has 13 heavy (non-hydrogen) atoms. The van der Waals surface area contributed by atoms with E-state index in [1.54, 1.807) is 0 Å². The van der Waals surface area contributed by atoms with Gasteiger partial charge >= 0.3 is 0 Å². The van der Waals surface area contributed by atoms with Gasteiger partial charge < -0.3 is 15.3 Å². The SMILES string of the molecule is Oc1cnc(C(O)C(O)CCl)nc1. The minimum Gasteiger partial charge on any atom is -0.505 e. The molecule has 0 aliphatic rings. The zero-order valence-electron chi connectivity index (χ0n) is 6.63. The lowest BCUT2D eigenvalue weighted by atomic mass is 10.2. The quantitative estimate of drug-likeness (QED) is 0.595. The Morgan fingerprint density at radius 2 is 1.85 bits per heavy atom. The zero-order chi connectivity index (χ0) is 9.84. The van der Waals surface area contributed by atoms with Gasteiger partial charge in [0.25, 0.3) is 0 Å². The predicted molar refractivity (Wildman–Crippen MR) is 45.4 cm³/mol. The number of halogens is 1. The van der Waals surface area contributed by atoms with Crippen molar-refractivity contribution in [1.82, 2.24) is 9.97 Å². The van der Waals surface area contributed by atoms with Crippen LogP contribution in [0.1, 0.15) is 11.9 Å². The van der Waals surface area contributed by atoms with Crippen LogP contribution in [0, 0.1) is 0 Å². The maximum Gasteiger partial charge on any atom is 0.159 e. The molecule has 72 valence electrons. The molecule has 2 unspecified atom stereocenters. The Kier molecular flexibility index (Phi) is 3.41. The van der Waals surface area contributed by atoms with Gasteiger partial charge in [0.15, 0.2) is 11.6 Å². The lowest BCUT2D eigenvalue weighted by molar-refractivity contribution is 0.0269. The molecule has 0 aliphatic heterocycles. The molecule has 0 spiro atoms. The molecule has 1 heterocycles. The smallest absolute Gasteiger partial charge is 0.159 e. The molecule has 0 radical (unpaired) electrons. The highest BCUT2D eigenvalue weighted by Crippen LogP contribution is 2.14. The molecule has 6 heteroatoms. The highest BCUT2D eigenvalue weighted by Gasteiger charge is 2.19. The van der Waals surface area contributed by atoms with Crippen molar-refractivity contribution in [2.75, 3.05) is 5.88 Å². The van der Waals surface area contributed by atoms with Crippen LogP contribution < -0.4 is 0 Å². The summed E-state index contributed by atoms with van der Waals surface area (Å²) in [5, 5.41) is 27.3. The second-order valence-corrected chi connectivity index (χ2v) is 2.77. The third-order valence-corrected chi connectivity index (χ3v) is 1.76. The van der Waals surface area contributed by atoms with Crippen LogP contribution in [0.2, 0.25) is 0 Å². The van der Waals surface area contributed by atoms with Crippen LogP contribution in [-0.4, -0.2) is 37.3 Å². The van der Waals surface area contributed by atoms with Crippen molar-refractivity contribution in [3.8, 4) is 5.75 Å². The first kappa shape index (κ1) is 10.2. The van der Waals surface area contributed by atoms with E-state index in [1.807, 2.05) is 0 Å². The summed E-state index contributed by atoms with van der Waals surface area (Å²) < 4.78 is 0. The Labute approximate surface area is 79.7 Å². The number of aromatic hydroxyl groups is 1. The molecule has 3 N–H and O–H groups in total. The van der Waals surface area contributed by atoms with E-state index in [2.05, 4.69) is 9.97 Å². The Balaban J connectivity index is 2.77. The molecule has 1 aromatic rings. The van der Waals surface area contributed by atoms with Gasteiger partial charge in [0.1, 0.15) is 12.2 Å². The third kappa shape index (κ3) is 2.51. The molecule has 2 atom stereocenters. The molecular formula is C7H9ClN2O3. The molecule has 0 amide bonds. The summed E-state index contributed by atoms with van der Waals surface area (Å²) in [4.78, 5) is 7.23. The van der Waals surface area contributed by atoms with Crippen molar-refractivity contribution in [1.29, 1.82) is 0 Å². The van der Waals surface area contributed by atoms with E-state index in [0.717, 1.165) is 12.4 Å². The predicted octanol–water partition coefficient (Wildman–Crippen LogP) is -0.185. The van der Waals surface area contributed by atoms with E-state index >= 15 is 0 Å². The van der Waals surface area contributed by atoms with Gasteiger partial charge in [-0.25, -0.2) is 9.97 Å². The number of hydrogen-bond donors (Lipinski definition) is 3. The van der Waals surface area contributed by atoms with Crippen LogP contribution in [0.3, 0.4) is 0 Å². The van der Waals surface area contributed by atoms with Crippen molar-refractivity contribution < 1.29 is 15.3 Å². The summed E-state index contributed by atoms with van der Waals surface area (Å²) in [6.07, 6.45) is -0.0664. The summed E-state index contributed by atoms with van der Waals surface area (Å²) in [7, 11) is 0. The number of hydrogen-bond acceptors (Lipinski definition) is 5. The summed E-state index contributed by atoms with van der Waals surface area (Å²) in [6, 6.07) is 0. The monoisotopic (exact) mass is 204 g/mol. The lowest BCUT2D eigenvalue weighted by Gasteiger charge is -2.12. The molecule has 0 aliphatic carbocycles. The van der Waals surface area contributed by atoms with Crippen LogP contribution in [0.25, 0.3) is 0 Å². The molecular weight excluding hydrogens is 196 g/mol. The number of aromatic nitrogens is 2. The molecule has 0 saturated carbocycles. The minimum absolute atomic E-state index is 0.0333. The van der Waals surface area contributed by atoms with Gasteiger partial charge in [0.2, 0.25) is 0 Å². The number of aliphatic hydroxyl groups is 2. The van der Waals surface area contributed by atoms with Crippen molar-refractivity contribution >= 4 is 11.6 Å². The Bertz CT molecular complexity index is 267. The molecule has 1 aromatic heterocycles. The number of alkyl halides is 1. The number of rotatable bonds is 3. The maximum absolute atomic E-state index is 9.34. The fourth-order valence-electron chi connectivity index (χ4n) is 0.740. The molecule has 0 bridgehead atoms. The van der Waals surface area contributed by atoms with E-state index < -0.39 is 12.2 Å². The fourth-order valence-corrected chi connectivity index (χ4v) is 0.909. The van der Waals surface area contributed by atoms with Crippen LogP contribution in [-0.2, 0) is 0 Å². The van der Waals surface area contributed by atoms with Crippen molar-refractivity contribution in [2.24, 2.45) is 0 Å². The zero-order valence-corrected chi connectivity index (χ0v) is 7.39. The van der Waals surface area contributed by atoms with Crippen LogP contribution >= 0.6 is 11.6 Å². The van der Waals surface area contributed by atoms with Crippen LogP contribution in [0.4, 0.5) is 0 Å². The van der Waals surface area contributed by atoms with E-state index in [-0.39, 0.29) is 17.5 Å². The van der Waals surface area contributed by atoms with Gasteiger partial charge in [-0.05, 0) is 0 Å². The van der Waals surface area contributed by atoms with Gasteiger partial charge in [-0.3, -0.25) is 0 Å². The summed E-state index contributed by atoms with van der Waals surface area (Å²) >= 11 is 5.31. The van der Waals surface area contributed by atoms with Gasteiger partial charge in [0.05, 0.1) is 18.3 Å². The molecule has 0 saturated heterocycles. The summed E-state index contributed by atoms with van der Waals surface area (Å²) in [5.74, 6) is -0.173. The van der Waals surface area contributed by atoms with Gasteiger partial charge in [-0.1, -0.05) is 0 Å². The van der Waals surface area contributed by atoms with E-state index in [1.165, 1.54) is 0 Å². The molecule has 5 nitrogen and oxygen atoms in total. The third-order valence-electron chi connectivity index (χ3n) is 1.45. The first-order chi connectivity index (χ1) is 6.15. The van der Waals surface area contributed by atoms with Gasteiger partial charge in [-0.15, -0.1) is 11.6 Å². The largest absolute Gasteiger partial charge is 0.505 e. The highest BCUT2D eigenvalue weighted by molar-refractivity contribution is 6.18. The molecule has 0 aromatic carbocycles. The van der Waals surface area contributed by atoms with E-state index in [9.17, 15) is 5.11 Å². The second-order valence-electron chi connectivity index (χ2n) is 2.47. The molecule has 1 rings (SSSR count). The number of aliphatic hydroxyl groups excluding tert-OH is 2. The van der Waals surface area contributed by atoms with Crippen molar-refractivity contribution in [3.63, 3.8) is 0 Å². The van der Waals surface area contributed by atoms with E-state index in [4.69, 9.17) is 21.8 Å². The first-order valence-corrected chi connectivity index (χ1v) is 4.11. The van der Waals surface area contributed by atoms with Crippen molar-refractivity contribution in [3.05, 3.63) is 18.2 Å². The van der Waals surface area contributed by atoms with E-state index in [0.29, 0.717) is 0 Å². The standard InChI is InChI=1S/C7H9ClN2O3/c8-1-5(12)6(13)7-9-2-4(11)3-10-7/h2-3,5-6,11-13H,1H2. The summed E-state index contributed by atoms with van der Waals surface area (Å²) in [5.41, 5.74) is 0. The second kappa shape index (κ2) is 4.36. The molecule has 0 fully saturated rings. The minimum atomic E-state index is -1.22. The normalized spacial score (nSPS) is 15.3. The Hall–Kier alpha value is -0.910. The average Bonchev–Trinajstić information content (AvgIpc) is 2.17. The maximum atomic E-state index is 9.34. The topological polar surface area (TPSA) is 86.5 Å². The summed E-state index contributed by atoms with van der Waals surface area (Å²) in [6.45, 7) is 0. The van der Waals surface area contributed by atoms with Gasteiger partial charge in [-0.2, -0.15) is 0 Å². The lowest BCUT2D eigenvalue weighted by Crippen LogP contribution is -2.21. The average molecular weight is 205 g/mol. The fraction of sp³-hybridized carbons (Fsp3) is 0.429. The highest BCUT2D eigenvalue weighted by atomic mass is 35.5. The van der Waals surface area contributed by atoms with Crippen molar-refractivity contribution in [2.45, 2.75) is 12.2 Å². The van der Waals surface area contributed by atoms with Gasteiger partial charge in [0, 0.05) is 0 Å². The first-order valence-electron chi connectivity index (χ1n) is 3.58.